The summed E-state index contributed by atoms with van der Waals surface area (Å²) >= 11 is 0. The van der Waals surface area contributed by atoms with Crippen LogP contribution in [-0.4, -0.2) is 55.5 Å². The zero-order valence-corrected chi connectivity index (χ0v) is 20.8. The van der Waals surface area contributed by atoms with Gasteiger partial charge in [-0.15, -0.1) is 0 Å². The van der Waals surface area contributed by atoms with E-state index in [2.05, 4.69) is 32.6 Å². The molecule has 33 heavy (non-hydrogen) atoms. The topological polar surface area (TPSA) is 101 Å². The lowest BCUT2D eigenvalue weighted by molar-refractivity contribution is -0.126. The molecule has 5 nitrogen and oxygen atoms in total. The van der Waals surface area contributed by atoms with E-state index in [0.717, 1.165) is 36.8 Å². The first kappa shape index (κ1) is 26.4. The predicted octanol–water partition coefficient (Wildman–Crippen LogP) is 3.81. The summed E-state index contributed by atoms with van der Waals surface area (Å²) in [5.41, 5.74) is 0.197. The molecule has 3 fully saturated rings. The Morgan fingerprint density at radius 2 is 1.88 bits per heavy atom. The summed E-state index contributed by atoms with van der Waals surface area (Å²) in [5.74, 6) is 1.21. The molecule has 186 valence electrons. The predicted molar refractivity (Wildman–Crippen MR) is 131 cm³/mol. The zero-order chi connectivity index (χ0) is 24.6. The summed E-state index contributed by atoms with van der Waals surface area (Å²) in [5, 5.41) is 50.6. The Balaban J connectivity index is 1.78. The van der Waals surface area contributed by atoms with Crippen molar-refractivity contribution in [3.05, 3.63) is 47.6 Å². The Morgan fingerprint density at radius 1 is 1.18 bits per heavy atom. The minimum Gasteiger partial charge on any atom is -0.393 e. The lowest BCUT2D eigenvalue weighted by Gasteiger charge is -2.44. The van der Waals surface area contributed by atoms with Gasteiger partial charge in [-0.25, -0.2) is 0 Å². The van der Waals surface area contributed by atoms with Crippen LogP contribution in [0.4, 0.5) is 0 Å². The van der Waals surface area contributed by atoms with E-state index in [1.165, 1.54) is 25.8 Å². The molecule has 0 aromatic heterocycles. The molecule has 3 aliphatic carbocycles. The van der Waals surface area contributed by atoms with E-state index in [4.69, 9.17) is 0 Å². The third-order valence-corrected chi connectivity index (χ3v) is 9.06. The molecule has 3 rings (SSSR count). The highest BCUT2D eigenvalue weighted by atomic mass is 16.4. The van der Waals surface area contributed by atoms with Crippen molar-refractivity contribution in [2.45, 2.75) is 96.1 Å². The second kappa shape index (κ2) is 9.79. The molecule has 3 aliphatic rings. The monoisotopic (exact) mass is 460 g/mol. The Labute approximate surface area is 199 Å². The van der Waals surface area contributed by atoms with Gasteiger partial charge in [-0.3, -0.25) is 0 Å². The van der Waals surface area contributed by atoms with Crippen LogP contribution in [0.15, 0.2) is 47.6 Å². The molecule has 0 radical (unpaired) electrons. The number of hydrogen-bond acceptors (Lipinski definition) is 5. The van der Waals surface area contributed by atoms with Crippen LogP contribution in [-0.2, 0) is 0 Å². The highest BCUT2D eigenvalue weighted by molar-refractivity contribution is 5.38. The number of hydrogen-bond donors (Lipinski definition) is 5. The van der Waals surface area contributed by atoms with E-state index in [-0.39, 0.29) is 11.3 Å². The number of aliphatic hydroxyl groups is 5. The Bertz CT molecular complexity index is 820. The van der Waals surface area contributed by atoms with Gasteiger partial charge in [0.2, 0.25) is 0 Å². The molecule has 2 unspecified atom stereocenters. The summed E-state index contributed by atoms with van der Waals surface area (Å²) < 4.78 is 0. The molecule has 0 saturated heterocycles. The minimum absolute atomic E-state index is 0.167. The summed E-state index contributed by atoms with van der Waals surface area (Å²) in [6, 6.07) is 0. The fourth-order valence-corrected chi connectivity index (χ4v) is 6.42. The van der Waals surface area contributed by atoms with Crippen LogP contribution in [0, 0.1) is 23.2 Å². The molecule has 0 amide bonds. The van der Waals surface area contributed by atoms with Gasteiger partial charge in [-0.1, -0.05) is 50.3 Å². The van der Waals surface area contributed by atoms with Crippen LogP contribution >= 0.6 is 0 Å². The third-order valence-electron chi connectivity index (χ3n) is 9.06. The number of rotatable bonds is 6. The maximum atomic E-state index is 10.7. The molecule has 5 heteroatoms. The first-order chi connectivity index (χ1) is 15.3. The van der Waals surface area contributed by atoms with Crippen LogP contribution < -0.4 is 0 Å². The van der Waals surface area contributed by atoms with Gasteiger partial charge in [-0.05, 0) is 86.7 Å². The summed E-state index contributed by atoms with van der Waals surface area (Å²) in [4.78, 5) is 0. The summed E-state index contributed by atoms with van der Waals surface area (Å²) in [6.07, 6.45) is 13.3. The fourth-order valence-electron chi connectivity index (χ4n) is 6.42. The van der Waals surface area contributed by atoms with Crippen molar-refractivity contribution < 1.29 is 25.5 Å². The average molecular weight is 461 g/mol. The molecule has 0 aliphatic heterocycles. The lowest BCUT2D eigenvalue weighted by Crippen LogP contribution is -2.51. The fraction of sp³-hybridized carbons (Fsp3) is 0.714. The SMILES string of the molecule is C=C1/C(=C\C=C2/CCC[C@]3(C)[C@@H]([C@H](C)/C=C/[C@@](C)(O)C(C)(O)CO)CC[C@@H]23)C[C@@H](O)CC1O. The van der Waals surface area contributed by atoms with E-state index in [1.54, 1.807) is 6.08 Å². The summed E-state index contributed by atoms with van der Waals surface area (Å²) in [7, 11) is 0. The maximum absolute atomic E-state index is 10.7. The second-order valence-corrected chi connectivity index (χ2v) is 11.5. The molecule has 0 bridgehead atoms. The highest BCUT2D eigenvalue weighted by Crippen LogP contribution is 2.59. The van der Waals surface area contributed by atoms with E-state index < -0.39 is 30.0 Å². The molecule has 0 aromatic carbocycles. The van der Waals surface area contributed by atoms with Gasteiger partial charge in [0.05, 0.1) is 18.8 Å². The van der Waals surface area contributed by atoms with Gasteiger partial charge in [0.15, 0.2) is 0 Å². The van der Waals surface area contributed by atoms with Gasteiger partial charge < -0.3 is 25.5 Å². The van der Waals surface area contributed by atoms with Crippen molar-refractivity contribution in [3.63, 3.8) is 0 Å². The van der Waals surface area contributed by atoms with Gasteiger partial charge in [0, 0.05) is 6.42 Å². The Hall–Kier alpha value is -1.24. The molecule has 8 atom stereocenters. The smallest absolute Gasteiger partial charge is 0.117 e. The van der Waals surface area contributed by atoms with E-state index in [9.17, 15) is 25.5 Å². The quantitative estimate of drug-likeness (QED) is 0.388. The van der Waals surface area contributed by atoms with Crippen molar-refractivity contribution in [1.29, 1.82) is 0 Å². The Morgan fingerprint density at radius 3 is 2.55 bits per heavy atom. The molecular weight excluding hydrogens is 416 g/mol. The normalized spacial score (nSPS) is 40.1. The Kier molecular flexibility index (Phi) is 7.82. The average Bonchev–Trinajstić information content (AvgIpc) is 3.11. The largest absolute Gasteiger partial charge is 0.393 e. The van der Waals surface area contributed by atoms with Crippen molar-refractivity contribution in [1.82, 2.24) is 0 Å². The van der Waals surface area contributed by atoms with Crippen LogP contribution in [0.5, 0.6) is 0 Å². The second-order valence-electron chi connectivity index (χ2n) is 11.5. The van der Waals surface area contributed by atoms with E-state index >= 15 is 0 Å². The molecule has 5 N–H and O–H groups in total. The van der Waals surface area contributed by atoms with Crippen LogP contribution in [0.1, 0.15) is 72.6 Å². The first-order valence-electron chi connectivity index (χ1n) is 12.5. The molecule has 0 heterocycles. The summed E-state index contributed by atoms with van der Waals surface area (Å²) in [6.45, 7) is 11.1. The van der Waals surface area contributed by atoms with Crippen LogP contribution in [0.2, 0.25) is 0 Å². The van der Waals surface area contributed by atoms with Gasteiger partial charge in [0.25, 0.3) is 0 Å². The first-order valence-corrected chi connectivity index (χ1v) is 12.5. The number of allylic oxidation sites excluding steroid dienone is 4. The zero-order valence-electron chi connectivity index (χ0n) is 20.8. The van der Waals surface area contributed by atoms with Gasteiger partial charge in [0.1, 0.15) is 11.2 Å². The third kappa shape index (κ3) is 5.23. The van der Waals surface area contributed by atoms with Crippen molar-refractivity contribution in [3.8, 4) is 0 Å². The van der Waals surface area contributed by atoms with Gasteiger partial charge in [-0.2, -0.15) is 0 Å². The van der Waals surface area contributed by atoms with Crippen molar-refractivity contribution in [2.75, 3.05) is 6.61 Å². The van der Waals surface area contributed by atoms with Gasteiger partial charge >= 0.3 is 0 Å². The van der Waals surface area contributed by atoms with Crippen LogP contribution in [0.25, 0.3) is 0 Å². The number of fused-ring (bicyclic) bond motifs is 1. The lowest BCUT2D eigenvalue weighted by atomic mass is 9.61. The van der Waals surface area contributed by atoms with E-state index in [1.807, 2.05) is 6.08 Å². The maximum Gasteiger partial charge on any atom is 0.117 e. The molecule has 0 spiro atoms. The minimum atomic E-state index is -1.59. The molecular formula is C28H44O5. The molecule has 0 aromatic rings. The van der Waals surface area contributed by atoms with E-state index in [0.29, 0.717) is 24.7 Å². The standard InChI is InChI=1S/C28H44O5/c1-18(12-14-27(4,32)28(5,33)17-29)23-10-11-24-20(7-6-13-26(23,24)3)8-9-21-15-22(30)16-25(31)19(21)2/h8-9,12,14,18,22-25,29-33H,2,6-7,10-11,13,15-17H2,1,3-5H3/b14-12+,20-8+,21-9-/t18-,22-,23-,24+,25?,26-,27-,28?/m1/s1. The number of aliphatic hydroxyl groups excluding tert-OH is 3. The molecule has 3 saturated carbocycles. The highest BCUT2D eigenvalue weighted by Gasteiger charge is 2.50. The van der Waals surface area contributed by atoms with Crippen molar-refractivity contribution >= 4 is 0 Å². The van der Waals surface area contributed by atoms with Crippen LogP contribution in [0.3, 0.4) is 0 Å². The van der Waals surface area contributed by atoms with Crippen molar-refractivity contribution in [2.24, 2.45) is 23.2 Å².